The summed E-state index contributed by atoms with van der Waals surface area (Å²) < 4.78 is 0. The number of anilines is 1. The molecule has 0 aliphatic heterocycles. The van der Waals surface area contributed by atoms with Crippen LogP contribution in [-0.4, -0.2) is 22.8 Å². The van der Waals surface area contributed by atoms with E-state index in [-0.39, 0.29) is 5.15 Å². The predicted octanol–water partition coefficient (Wildman–Crippen LogP) is 2.15. The number of hydrogen-bond donors (Lipinski definition) is 1. The topological polar surface area (TPSA) is 54.9 Å². The van der Waals surface area contributed by atoms with Crippen LogP contribution in [0.25, 0.3) is 0 Å². The summed E-state index contributed by atoms with van der Waals surface area (Å²) in [5.74, 6) is 1.39. The highest BCUT2D eigenvalue weighted by atomic mass is 35.5. The first-order valence-corrected chi connectivity index (χ1v) is 5.38. The van der Waals surface area contributed by atoms with Crippen molar-refractivity contribution in [2.45, 2.75) is 19.3 Å². The Labute approximate surface area is 93.1 Å². The first-order chi connectivity index (χ1) is 7.31. The molecule has 0 amide bonds. The Kier molecular flexibility index (Phi) is 3.16. The van der Waals surface area contributed by atoms with E-state index in [1.807, 2.05) is 0 Å². The monoisotopic (exact) mass is 225 g/mol. The summed E-state index contributed by atoms with van der Waals surface area (Å²) >= 11 is 5.76. The number of carbonyl (C=O) groups is 1. The number of halogens is 1. The maximum atomic E-state index is 10.8. The molecule has 0 atom stereocenters. The molecule has 0 saturated heterocycles. The van der Waals surface area contributed by atoms with Crippen molar-refractivity contribution in [3.63, 3.8) is 0 Å². The third-order valence-electron chi connectivity index (χ3n) is 2.50. The van der Waals surface area contributed by atoms with Gasteiger partial charge in [-0.2, -0.15) is 0 Å². The summed E-state index contributed by atoms with van der Waals surface area (Å²) in [7, 11) is 0. The first-order valence-electron chi connectivity index (χ1n) is 5.01. The Morgan fingerprint density at radius 3 is 3.00 bits per heavy atom. The van der Waals surface area contributed by atoms with Gasteiger partial charge in [-0.3, -0.25) is 4.79 Å². The van der Waals surface area contributed by atoms with E-state index in [0.717, 1.165) is 18.9 Å². The number of aldehydes is 1. The van der Waals surface area contributed by atoms with E-state index in [0.29, 0.717) is 17.7 Å². The van der Waals surface area contributed by atoms with E-state index >= 15 is 0 Å². The standard InChI is InChI=1S/C10H12ClN3O/c11-9-8(5-15)10(14-6-13-9)12-4-3-7-1-2-7/h5-7H,1-4H2,(H,12,13,14). The Bertz CT molecular complexity index is 366. The number of nitrogens with zero attached hydrogens (tertiary/aromatic N) is 2. The van der Waals surface area contributed by atoms with Crippen molar-refractivity contribution in [1.82, 2.24) is 9.97 Å². The summed E-state index contributed by atoms with van der Waals surface area (Å²) in [5, 5.41) is 3.31. The van der Waals surface area contributed by atoms with Gasteiger partial charge < -0.3 is 5.32 Å². The summed E-state index contributed by atoms with van der Waals surface area (Å²) in [6, 6.07) is 0. The highest BCUT2D eigenvalue weighted by molar-refractivity contribution is 6.32. The van der Waals surface area contributed by atoms with Crippen LogP contribution in [0.1, 0.15) is 29.6 Å². The van der Waals surface area contributed by atoms with E-state index in [1.54, 1.807) is 0 Å². The molecule has 2 rings (SSSR count). The average molecular weight is 226 g/mol. The van der Waals surface area contributed by atoms with Crippen molar-refractivity contribution in [3.8, 4) is 0 Å². The smallest absolute Gasteiger partial charge is 0.156 e. The minimum absolute atomic E-state index is 0.203. The molecule has 80 valence electrons. The zero-order chi connectivity index (χ0) is 10.7. The van der Waals surface area contributed by atoms with Gasteiger partial charge in [-0.05, 0) is 12.3 Å². The van der Waals surface area contributed by atoms with Gasteiger partial charge in [0.05, 0.1) is 5.56 Å². The lowest BCUT2D eigenvalue weighted by Crippen LogP contribution is -2.07. The first kappa shape index (κ1) is 10.4. The SMILES string of the molecule is O=Cc1c(Cl)ncnc1NCCC1CC1. The van der Waals surface area contributed by atoms with Crippen molar-refractivity contribution in [1.29, 1.82) is 0 Å². The Morgan fingerprint density at radius 2 is 2.33 bits per heavy atom. The van der Waals surface area contributed by atoms with E-state index in [9.17, 15) is 4.79 Å². The lowest BCUT2D eigenvalue weighted by atomic mass is 10.3. The van der Waals surface area contributed by atoms with Crippen LogP contribution in [0.3, 0.4) is 0 Å². The summed E-state index contributed by atoms with van der Waals surface area (Å²) in [6.45, 7) is 0.832. The fourth-order valence-corrected chi connectivity index (χ4v) is 1.60. The Hall–Kier alpha value is -1.16. The highest BCUT2D eigenvalue weighted by Crippen LogP contribution is 2.32. The minimum atomic E-state index is 0.203. The van der Waals surface area contributed by atoms with Gasteiger partial charge in [0, 0.05) is 6.54 Å². The van der Waals surface area contributed by atoms with Gasteiger partial charge in [0.25, 0.3) is 0 Å². The zero-order valence-electron chi connectivity index (χ0n) is 8.24. The highest BCUT2D eigenvalue weighted by Gasteiger charge is 2.20. The molecule has 1 aromatic rings. The minimum Gasteiger partial charge on any atom is -0.369 e. The van der Waals surface area contributed by atoms with Gasteiger partial charge >= 0.3 is 0 Å². The Balaban J connectivity index is 1.98. The predicted molar refractivity (Wildman–Crippen MR) is 58.3 cm³/mol. The molecule has 1 aliphatic carbocycles. The molecule has 4 nitrogen and oxygen atoms in total. The van der Waals surface area contributed by atoms with Crippen molar-refractivity contribution in [2.24, 2.45) is 5.92 Å². The molecule has 1 aromatic heterocycles. The van der Waals surface area contributed by atoms with Crippen LogP contribution in [0, 0.1) is 5.92 Å². The molecule has 0 radical (unpaired) electrons. The Morgan fingerprint density at radius 1 is 1.53 bits per heavy atom. The zero-order valence-corrected chi connectivity index (χ0v) is 9.00. The van der Waals surface area contributed by atoms with Crippen molar-refractivity contribution < 1.29 is 4.79 Å². The van der Waals surface area contributed by atoms with Gasteiger partial charge in [0.2, 0.25) is 0 Å². The van der Waals surface area contributed by atoms with E-state index < -0.39 is 0 Å². The quantitative estimate of drug-likeness (QED) is 0.616. The average Bonchev–Trinajstić information content (AvgIpc) is 3.02. The molecular weight excluding hydrogens is 214 g/mol. The van der Waals surface area contributed by atoms with Crippen LogP contribution in [0.2, 0.25) is 5.15 Å². The summed E-state index contributed by atoms with van der Waals surface area (Å²) in [4.78, 5) is 18.5. The number of nitrogens with one attached hydrogen (secondary N) is 1. The van der Waals surface area contributed by atoms with Gasteiger partial charge in [0.1, 0.15) is 17.3 Å². The number of hydrogen-bond acceptors (Lipinski definition) is 4. The molecular formula is C10H12ClN3O. The number of aromatic nitrogens is 2. The number of rotatable bonds is 5. The third-order valence-corrected chi connectivity index (χ3v) is 2.80. The van der Waals surface area contributed by atoms with Crippen molar-refractivity contribution >= 4 is 23.7 Å². The number of carbonyl (C=O) groups excluding carboxylic acids is 1. The molecule has 0 bridgehead atoms. The lowest BCUT2D eigenvalue weighted by Gasteiger charge is -2.07. The fraction of sp³-hybridized carbons (Fsp3) is 0.500. The van der Waals surface area contributed by atoms with Crippen molar-refractivity contribution in [2.75, 3.05) is 11.9 Å². The van der Waals surface area contributed by atoms with Gasteiger partial charge in [0.15, 0.2) is 6.29 Å². The van der Waals surface area contributed by atoms with Gasteiger partial charge in [-0.15, -0.1) is 0 Å². The lowest BCUT2D eigenvalue weighted by molar-refractivity contribution is 0.112. The maximum Gasteiger partial charge on any atom is 0.156 e. The molecule has 15 heavy (non-hydrogen) atoms. The molecule has 5 heteroatoms. The molecule has 0 aromatic carbocycles. The fourth-order valence-electron chi connectivity index (χ4n) is 1.42. The van der Waals surface area contributed by atoms with Crippen LogP contribution in [0.4, 0.5) is 5.82 Å². The van der Waals surface area contributed by atoms with Gasteiger partial charge in [-0.1, -0.05) is 24.4 Å². The van der Waals surface area contributed by atoms with Crippen molar-refractivity contribution in [3.05, 3.63) is 17.0 Å². The third kappa shape index (κ3) is 2.65. The largest absolute Gasteiger partial charge is 0.369 e. The second-order valence-corrected chi connectivity index (χ2v) is 4.06. The van der Waals surface area contributed by atoms with E-state index in [1.165, 1.54) is 19.2 Å². The normalized spacial score (nSPS) is 15.0. The van der Waals surface area contributed by atoms with Crippen LogP contribution in [0.15, 0.2) is 6.33 Å². The van der Waals surface area contributed by atoms with E-state index in [4.69, 9.17) is 11.6 Å². The molecule has 0 spiro atoms. The van der Waals surface area contributed by atoms with Crippen LogP contribution in [-0.2, 0) is 0 Å². The summed E-state index contributed by atoms with van der Waals surface area (Å²) in [6.07, 6.45) is 5.82. The second-order valence-electron chi connectivity index (χ2n) is 3.70. The molecule has 0 unspecified atom stereocenters. The van der Waals surface area contributed by atoms with Crippen LogP contribution < -0.4 is 5.32 Å². The maximum absolute atomic E-state index is 10.8. The molecule has 1 fully saturated rings. The second kappa shape index (κ2) is 4.57. The van der Waals surface area contributed by atoms with Crippen LogP contribution in [0.5, 0.6) is 0 Å². The van der Waals surface area contributed by atoms with E-state index in [2.05, 4.69) is 15.3 Å². The molecule has 1 aliphatic rings. The molecule has 1 saturated carbocycles. The molecule has 1 heterocycles. The molecule has 1 N–H and O–H groups in total. The summed E-state index contributed by atoms with van der Waals surface area (Å²) in [5.41, 5.74) is 0.343. The van der Waals surface area contributed by atoms with Crippen LogP contribution >= 0.6 is 11.6 Å². The van der Waals surface area contributed by atoms with Gasteiger partial charge in [-0.25, -0.2) is 9.97 Å².